The Morgan fingerprint density at radius 2 is 1.84 bits per heavy atom. The zero-order valence-corrected chi connectivity index (χ0v) is 11.4. The Morgan fingerprint density at radius 1 is 1.21 bits per heavy atom. The van der Waals surface area contributed by atoms with Crippen molar-refractivity contribution in [1.29, 1.82) is 0 Å². The molecule has 1 aliphatic carbocycles. The number of ether oxygens (including phenoxy) is 1. The van der Waals surface area contributed by atoms with Crippen LogP contribution in [0.2, 0.25) is 0 Å². The third kappa shape index (κ3) is 4.05. The lowest BCUT2D eigenvalue weighted by molar-refractivity contribution is -0.140. The van der Waals surface area contributed by atoms with E-state index in [1.165, 1.54) is 37.1 Å². The van der Waals surface area contributed by atoms with Crippen LogP contribution in [0.5, 0.6) is 5.75 Å². The van der Waals surface area contributed by atoms with Crippen molar-refractivity contribution < 1.29 is 13.9 Å². The average molecular weight is 264 g/mol. The first-order valence-electron chi connectivity index (χ1n) is 7.16. The molecule has 2 nitrogen and oxygen atoms in total. The predicted octanol–water partition coefficient (Wildman–Crippen LogP) is 4.34. The molecule has 1 aromatic carbocycles. The quantitative estimate of drug-likeness (QED) is 0.597. The van der Waals surface area contributed by atoms with E-state index in [9.17, 15) is 9.18 Å². The summed E-state index contributed by atoms with van der Waals surface area (Å²) in [6.45, 7) is 2.20. The molecule has 1 fully saturated rings. The molecule has 2 rings (SSSR count). The smallest absolute Gasteiger partial charge is 0.314 e. The second kappa shape index (κ2) is 6.69. The van der Waals surface area contributed by atoms with Crippen molar-refractivity contribution in [3.63, 3.8) is 0 Å². The summed E-state index contributed by atoms with van der Waals surface area (Å²) < 4.78 is 18.1. The van der Waals surface area contributed by atoms with Crippen LogP contribution in [0, 0.1) is 17.7 Å². The molecule has 3 heteroatoms. The Morgan fingerprint density at radius 3 is 2.42 bits per heavy atom. The van der Waals surface area contributed by atoms with Gasteiger partial charge in [-0.05, 0) is 55.9 Å². The standard InChI is InChI=1S/C16H21FO2/c1-2-3-12-4-6-13(7-5-12)16(18)19-15-10-8-14(17)9-11-15/h8-13H,2-7H2,1H3. The van der Waals surface area contributed by atoms with Gasteiger partial charge >= 0.3 is 5.97 Å². The maximum Gasteiger partial charge on any atom is 0.314 e. The first-order chi connectivity index (χ1) is 9.19. The lowest BCUT2D eigenvalue weighted by Crippen LogP contribution is -2.25. The van der Waals surface area contributed by atoms with Gasteiger partial charge < -0.3 is 4.74 Å². The van der Waals surface area contributed by atoms with Gasteiger partial charge in [-0.2, -0.15) is 0 Å². The van der Waals surface area contributed by atoms with Crippen molar-refractivity contribution in [1.82, 2.24) is 0 Å². The molecule has 0 saturated heterocycles. The Hall–Kier alpha value is -1.38. The molecule has 1 aromatic rings. The zero-order valence-electron chi connectivity index (χ0n) is 11.4. The fourth-order valence-corrected chi connectivity index (χ4v) is 2.80. The highest BCUT2D eigenvalue weighted by Crippen LogP contribution is 2.32. The van der Waals surface area contributed by atoms with E-state index in [0.29, 0.717) is 5.75 Å². The highest BCUT2D eigenvalue weighted by molar-refractivity contribution is 5.75. The van der Waals surface area contributed by atoms with Gasteiger partial charge in [0.15, 0.2) is 0 Å². The van der Waals surface area contributed by atoms with Crippen molar-refractivity contribution in [2.24, 2.45) is 11.8 Å². The van der Waals surface area contributed by atoms with Crippen molar-refractivity contribution in [2.45, 2.75) is 45.4 Å². The highest BCUT2D eigenvalue weighted by Gasteiger charge is 2.27. The summed E-state index contributed by atoms with van der Waals surface area (Å²) in [6.07, 6.45) is 6.57. The topological polar surface area (TPSA) is 26.3 Å². The van der Waals surface area contributed by atoms with E-state index in [-0.39, 0.29) is 17.7 Å². The minimum absolute atomic E-state index is 0.0122. The van der Waals surface area contributed by atoms with Crippen LogP contribution < -0.4 is 4.74 Å². The molecule has 0 atom stereocenters. The van der Waals surface area contributed by atoms with E-state index < -0.39 is 0 Å². The number of esters is 1. The first-order valence-corrected chi connectivity index (χ1v) is 7.16. The number of hydrogen-bond donors (Lipinski definition) is 0. The Kier molecular flexibility index (Phi) is 4.94. The molecule has 0 aromatic heterocycles. The summed E-state index contributed by atoms with van der Waals surface area (Å²) in [4.78, 5) is 12.0. The van der Waals surface area contributed by atoms with Crippen molar-refractivity contribution >= 4 is 5.97 Å². The normalized spacial score (nSPS) is 23.1. The lowest BCUT2D eigenvalue weighted by Gasteiger charge is -2.26. The molecule has 1 saturated carbocycles. The average Bonchev–Trinajstić information content (AvgIpc) is 2.42. The summed E-state index contributed by atoms with van der Waals surface area (Å²) in [6, 6.07) is 5.60. The molecule has 104 valence electrons. The van der Waals surface area contributed by atoms with Gasteiger partial charge in [0, 0.05) is 0 Å². The van der Waals surface area contributed by atoms with E-state index >= 15 is 0 Å². The molecule has 0 bridgehead atoms. The summed E-state index contributed by atoms with van der Waals surface area (Å²) in [5, 5.41) is 0. The number of carbonyl (C=O) groups excluding carboxylic acids is 1. The molecule has 0 N–H and O–H groups in total. The molecular weight excluding hydrogens is 243 g/mol. The SMILES string of the molecule is CCCC1CCC(C(=O)Oc2ccc(F)cc2)CC1. The van der Waals surface area contributed by atoms with Crippen LogP contribution in [0.25, 0.3) is 0 Å². The van der Waals surface area contributed by atoms with Gasteiger partial charge in [-0.15, -0.1) is 0 Å². The van der Waals surface area contributed by atoms with Crippen molar-refractivity contribution in [3.05, 3.63) is 30.1 Å². The number of halogens is 1. The monoisotopic (exact) mass is 264 g/mol. The molecule has 1 aliphatic rings. The number of hydrogen-bond acceptors (Lipinski definition) is 2. The second-order valence-electron chi connectivity index (χ2n) is 5.38. The molecule has 0 unspecified atom stereocenters. The molecule has 0 aliphatic heterocycles. The molecular formula is C16H21FO2. The summed E-state index contributed by atoms with van der Waals surface area (Å²) in [5.41, 5.74) is 0. The fourth-order valence-electron chi connectivity index (χ4n) is 2.80. The third-order valence-electron chi connectivity index (χ3n) is 3.91. The van der Waals surface area contributed by atoms with E-state index in [0.717, 1.165) is 31.6 Å². The van der Waals surface area contributed by atoms with Crippen LogP contribution in [0.15, 0.2) is 24.3 Å². The Labute approximate surface area is 114 Å². The van der Waals surface area contributed by atoms with Crippen molar-refractivity contribution in [2.75, 3.05) is 0 Å². The maximum absolute atomic E-state index is 12.8. The van der Waals surface area contributed by atoms with Crippen molar-refractivity contribution in [3.8, 4) is 5.75 Å². The highest BCUT2D eigenvalue weighted by atomic mass is 19.1. The van der Waals surface area contributed by atoms with Gasteiger partial charge in [0.1, 0.15) is 11.6 Å². The molecule has 0 radical (unpaired) electrons. The number of benzene rings is 1. The van der Waals surface area contributed by atoms with E-state index in [1.54, 1.807) is 0 Å². The first kappa shape index (κ1) is 14.0. The maximum atomic E-state index is 12.8. The predicted molar refractivity (Wildman–Crippen MR) is 72.4 cm³/mol. The summed E-state index contributed by atoms with van der Waals surface area (Å²) in [5.74, 6) is 0.738. The van der Waals surface area contributed by atoms with Gasteiger partial charge in [-0.25, -0.2) is 4.39 Å². The third-order valence-corrected chi connectivity index (χ3v) is 3.91. The number of rotatable bonds is 4. The number of carbonyl (C=O) groups is 1. The minimum atomic E-state index is -0.320. The van der Waals surface area contributed by atoms with E-state index in [2.05, 4.69) is 6.92 Å². The van der Waals surface area contributed by atoms with Crippen LogP contribution in [0.3, 0.4) is 0 Å². The zero-order chi connectivity index (χ0) is 13.7. The Bertz CT molecular complexity index is 405. The van der Waals surface area contributed by atoms with Gasteiger partial charge in [0.25, 0.3) is 0 Å². The van der Waals surface area contributed by atoms with Gasteiger partial charge in [0.05, 0.1) is 5.92 Å². The molecule has 19 heavy (non-hydrogen) atoms. The van der Waals surface area contributed by atoms with E-state index in [4.69, 9.17) is 4.74 Å². The minimum Gasteiger partial charge on any atom is -0.426 e. The van der Waals surface area contributed by atoms with Gasteiger partial charge in [0.2, 0.25) is 0 Å². The second-order valence-corrected chi connectivity index (χ2v) is 5.38. The molecule has 0 amide bonds. The molecule has 0 spiro atoms. The summed E-state index contributed by atoms with van der Waals surface area (Å²) in [7, 11) is 0. The lowest BCUT2D eigenvalue weighted by atomic mass is 9.80. The van der Waals surface area contributed by atoms with Gasteiger partial charge in [-0.3, -0.25) is 4.79 Å². The Balaban J connectivity index is 1.83. The molecule has 0 heterocycles. The van der Waals surface area contributed by atoms with E-state index in [1.807, 2.05) is 0 Å². The van der Waals surface area contributed by atoms with Crippen LogP contribution in [0.1, 0.15) is 45.4 Å². The largest absolute Gasteiger partial charge is 0.426 e. The van der Waals surface area contributed by atoms with Crippen LogP contribution in [-0.4, -0.2) is 5.97 Å². The fraction of sp³-hybridized carbons (Fsp3) is 0.562. The van der Waals surface area contributed by atoms with Crippen LogP contribution >= 0.6 is 0 Å². The van der Waals surface area contributed by atoms with Gasteiger partial charge in [-0.1, -0.05) is 19.8 Å². The van der Waals surface area contributed by atoms with Crippen LogP contribution in [0.4, 0.5) is 4.39 Å². The summed E-state index contributed by atoms with van der Waals surface area (Å²) >= 11 is 0. The van der Waals surface area contributed by atoms with Crippen LogP contribution in [-0.2, 0) is 4.79 Å².